The third-order valence-corrected chi connectivity index (χ3v) is 3.78. The van der Waals surface area contributed by atoms with Crippen LogP contribution in [0.25, 0.3) is 22.2 Å². The van der Waals surface area contributed by atoms with Gasteiger partial charge in [0.1, 0.15) is 12.0 Å². The molecule has 0 spiro atoms. The summed E-state index contributed by atoms with van der Waals surface area (Å²) in [7, 11) is 0. The smallest absolute Gasteiger partial charge is 0.144 e. The van der Waals surface area contributed by atoms with Crippen LogP contribution in [0.2, 0.25) is 0 Å². The van der Waals surface area contributed by atoms with Crippen molar-refractivity contribution in [1.29, 1.82) is 0 Å². The van der Waals surface area contributed by atoms with Crippen LogP contribution in [0.5, 0.6) is 0 Å². The minimum atomic E-state index is 0.0478. The highest BCUT2D eigenvalue weighted by molar-refractivity contribution is 5.95. The molecular formula is C17H19N3O. The summed E-state index contributed by atoms with van der Waals surface area (Å²) in [6.45, 7) is 6.34. The molecule has 4 heteroatoms. The first-order valence-electron chi connectivity index (χ1n) is 7.14. The van der Waals surface area contributed by atoms with Gasteiger partial charge in [-0.1, -0.05) is 18.2 Å². The summed E-state index contributed by atoms with van der Waals surface area (Å²) in [5, 5.41) is 10.4. The van der Waals surface area contributed by atoms with E-state index < -0.39 is 0 Å². The largest absolute Gasteiger partial charge is 0.392 e. The van der Waals surface area contributed by atoms with Crippen LogP contribution in [-0.2, 0) is 6.61 Å². The quantitative estimate of drug-likeness (QED) is 0.799. The van der Waals surface area contributed by atoms with Gasteiger partial charge in [-0.15, -0.1) is 0 Å². The second-order valence-corrected chi connectivity index (χ2v) is 5.56. The Hall–Kier alpha value is -2.20. The van der Waals surface area contributed by atoms with Crippen LogP contribution in [0.4, 0.5) is 0 Å². The molecule has 0 radical (unpaired) electrons. The number of aryl methyl sites for hydroxylation is 1. The summed E-state index contributed by atoms with van der Waals surface area (Å²) in [5.74, 6) is 0. The molecule has 0 atom stereocenters. The van der Waals surface area contributed by atoms with Crippen molar-refractivity contribution in [3.8, 4) is 11.1 Å². The van der Waals surface area contributed by atoms with Crippen molar-refractivity contribution in [2.75, 3.05) is 0 Å². The van der Waals surface area contributed by atoms with Crippen LogP contribution < -0.4 is 0 Å². The monoisotopic (exact) mass is 281 g/mol. The first-order chi connectivity index (χ1) is 10.1. The molecule has 0 aliphatic heterocycles. The van der Waals surface area contributed by atoms with Crippen LogP contribution >= 0.6 is 0 Å². The molecule has 3 aromatic rings. The van der Waals surface area contributed by atoms with E-state index in [9.17, 15) is 5.11 Å². The van der Waals surface area contributed by atoms with Crippen molar-refractivity contribution >= 4 is 11.0 Å². The Bertz CT molecular complexity index is 790. The molecule has 0 saturated heterocycles. The lowest BCUT2D eigenvalue weighted by molar-refractivity contribution is 0.282. The van der Waals surface area contributed by atoms with E-state index in [1.54, 1.807) is 6.33 Å². The summed E-state index contributed by atoms with van der Waals surface area (Å²) in [6.07, 6.45) is 3.75. The fourth-order valence-electron chi connectivity index (χ4n) is 2.69. The number of aromatic nitrogens is 3. The van der Waals surface area contributed by atoms with Gasteiger partial charge in [0.2, 0.25) is 0 Å². The lowest BCUT2D eigenvalue weighted by Gasteiger charge is -2.07. The Labute approximate surface area is 124 Å². The van der Waals surface area contributed by atoms with Gasteiger partial charge in [0, 0.05) is 23.2 Å². The van der Waals surface area contributed by atoms with E-state index in [-0.39, 0.29) is 6.61 Å². The van der Waals surface area contributed by atoms with Crippen molar-refractivity contribution in [2.24, 2.45) is 0 Å². The highest BCUT2D eigenvalue weighted by Gasteiger charge is 2.15. The molecular weight excluding hydrogens is 262 g/mol. The third-order valence-electron chi connectivity index (χ3n) is 3.78. The van der Waals surface area contributed by atoms with Crippen LogP contribution in [-0.4, -0.2) is 19.6 Å². The van der Waals surface area contributed by atoms with Crippen molar-refractivity contribution in [1.82, 2.24) is 14.5 Å². The van der Waals surface area contributed by atoms with Gasteiger partial charge in [0.05, 0.1) is 12.3 Å². The SMILES string of the molecule is Cc1ncnc2c1c(-c1cccc(CO)c1)cn2C(C)C. The lowest BCUT2D eigenvalue weighted by atomic mass is 10.0. The van der Waals surface area contributed by atoms with Gasteiger partial charge in [-0.3, -0.25) is 0 Å². The van der Waals surface area contributed by atoms with Gasteiger partial charge >= 0.3 is 0 Å². The van der Waals surface area contributed by atoms with Crippen LogP contribution in [0.15, 0.2) is 36.8 Å². The molecule has 0 aliphatic carbocycles. The number of rotatable bonds is 3. The van der Waals surface area contributed by atoms with E-state index in [0.29, 0.717) is 6.04 Å². The number of fused-ring (bicyclic) bond motifs is 1. The topological polar surface area (TPSA) is 50.9 Å². The summed E-state index contributed by atoms with van der Waals surface area (Å²) < 4.78 is 2.17. The predicted molar refractivity (Wildman–Crippen MR) is 84.0 cm³/mol. The highest BCUT2D eigenvalue weighted by Crippen LogP contribution is 2.33. The molecule has 0 unspecified atom stereocenters. The minimum Gasteiger partial charge on any atom is -0.392 e. The zero-order chi connectivity index (χ0) is 15.0. The summed E-state index contributed by atoms with van der Waals surface area (Å²) in [6, 6.07) is 8.31. The molecule has 2 heterocycles. The Kier molecular flexibility index (Phi) is 3.47. The molecule has 1 aromatic carbocycles. The molecule has 0 bridgehead atoms. The van der Waals surface area contributed by atoms with E-state index in [0.717, 1.165) is 33.4 Å². The fraction of sp³-hybridized carbons (Fsp3) is 0.294. The Morgan fingerprint density at radius 2 is 2.05 bits per heavy atom. The van der Waals surface area contributed by atoms with Crippen molar-refractivity contribution in [2.45, 2.75) is 33.4 Å². The molecule has 1 N–H and O–H groups in total. The second kappa shape index (κ2) is 5.30. The standard InChI is InChI=1S/C17H19N3O/c1-11(2)20-8-15(14-6-4-5-13(7-14)9-21)16-12(3)18-10-19-17(16)20/h4-8,10-11,21H,9H2,1-3H3. The van der Waals surface area contributed by atoms with Gasteiger partial charge in [-0.2, -0.15) is 0 Å². The van der Waals surface area contributed by atoms with Crippen molar-refractivity contribution in [3.05, 3.63) is 48.0 Å². The summed E-state index contributed by atoms with van der Waals surface area (Å²) >= 11 is 0. The van der Waals surface area contributed by atoms with E-state index in [4.69, 9.17) is 0 Å². The molecule has 0 amide bonds. The second-order valence-electron chi connectivity index (χ2n) is 5.56. The number of nitrogens with zero attached hydrogens (tertiary/aromatic N) is 3. The van der Waals surface area contributed by atoms with E-state index in [1.165, 1.54) is 0 Å². The zero-order valence-corrected chi connectivity index (χ0v) is 12.5. The Balaban J connectivity index is 2.31. The molecule has 2 aromatic heterocycles. The van der Waals surface area contributed by atoms with Crippen LogP contribution in [0.1, 0.15) is 31.1 Å². The highest BCUT2D eigenvalue weighted by atomic mass is 16.3. The number of hydrogen-bond donors (Lipinski definition) is 1. The van der Waals surface area contributed by atoms with E-state index in [2.05, 4.69) is 40.6 Å². The Morgan fingerprint density at radius 3 is 2.76 bits per heavy atom. The summed E-state index contributed by atoms with van der Waals surface area (Å²) in [4.78, 5) is 8.79. The molecule has 0 aliphatic rings. The summed E-state index contributed by atoms with van der Waals surface area (Å²) in [5.41, 5.74) is 5.05. The van der Waals surface area contributed by atoms with Gasteiger partial charge in [0.15, 0.2) is 0 Å². The molecule has 0 saturated carbocycles. The molecule has 3 rings (SSSR count). The normalized spacial score (nSPS) is 11.5. The first kappa shape index (κ1) is 13.8. The third kappa shape index (κ3) is 2.32. The zero-order valence-electron chi connectivity index (χ0n) is 12.5. The lowest BCUT2D eigenvalue weighted by Crippen LogP contribution is -2.00. The van der Waals surface area contributed by atoms with Crippen molar-refractivity contribution < 1.29 is 5.11 Å². The predicted octanol–water partition coefficient (Wildman–Crippen LogP) is 3.48. The van der Waals surface area contributed by atoms with Crippen molar-refractivity contribution in [3.63, 3.8) is 0 Å². The number of aliphatic hydroxyl groups is 1. The number of hydrogen-bond acceptors (Lipinski definition) is 3. The van der Waals surface area contributed by atoms with Crippen LogP contribution in [0, 0.1) is 6.92 Å². The molecule has 0 fully saturated rings. The molecule has 21 heavy (non-hydrogen) atoms. The van der Waals surface area contributed by atoms with E-state index >= 15 is 0 Å². The Morgan fingerprint density at radius 1 is 1.24 bits per heavy atom. The average Bonchev–Trinajstić information content (AvgIpc) is 2.88. The molecule has 108 valence electrons. The maximum absolute atomic E-state index is 9.34. The van der Waals surface area contributed by atoms with Gasteiger partial charge in [-0.25, -0.2) is 9.97 Å². The van der Waals surface area contributed by atoms with Gasteiger partial charge in [-0.05, 0) is 38.0 Å². The fourth-order valence-corrected chi connectivity index (χ4v) is 2.69. The average molecular weight is 281 g/mol. The van der Waals surface area contributed by atoms with Gasteiger partial charge in [0.25, 0.3) is 0 Å². The first-order valence-corrected chi connectivity index (χ1v) is 7.14. The van der Waals surface area contributed by atoms with E-state index in [1.807, 2.05) is 25.1 Å². The van der Waals surface area contributed by atoms with Gasteiger partial charge < -0.3 is 9.67 Å². The molecule has 4 nitrogen and oxygen atoms in total. The maximum atomic E-state index is 9.34. The van der Waals surface area contributed by atoms with Crippen LogP contribution in [0.3, 0.4) is 0 Å². The minimum absolute atomic E-state index is 0.0478. The number of benzene rings is 1. The maximum Gasteiger partial charge on any atom is 0.144 e. The number of aliphatic hydroxyl groups excluding tert-OH is 1.